The lowest BCUT2D eigenvalue weighted by Crippen LogP contribution is -2.30. The zero-order chi connectivity index (χ0) is 70.0. The summed E-state index contributed by atoms with van der Waals surface area (Å²) in [5, 5.41) is 10.6. The van der Waals surface area contributed by atoms with Gasteiger partial charge in [-0.15, -0.1) is 0 Å². The molecule has 0 aromatic heterocycles. The van der Waals surface area contributed by atoms with Crippen LogP contribution in [0.25, 0.3) is 0 Å². The Morgan fingerprint density at radius 1 is 0.347 bits per heavy atom. The number of carbonyl (C=O) groups is 4. The summed E-state index contributed by atoms with van der Waals surface area (Å²) in [6.45, 7) is 9.49. The summed E-state index contributed by atoms with van der Waals surface area (Å²) in [7, 11) is -9.92. The Bertz CT molecular complexity index is 1930. The van der Waals surface area contributed by atoms with Crippen LogP contribution in [0.4, 0.5) is 0 Å². The quantitative estimate of drug-likeness (QED) is 0.0169. The van der Waals surface area contributed by atoms with Crippen molar-refractivity contribution in [2.24, 2.45) is 11.8 Å². The van der Waals surface area contributed by atoms with Crippen molar-refractivity contribution >= 4 is 39.5 Å². The van der Waals surface area contributed by atoms with E-state index in [1.165, 1.54) is 167 Å². The first kappa shape index (κ1) is 92.5. The van der Waals surface area contributed by atoms with E-state index in [0.717, 1.165) is 121 Å². The summed E-state index contributed by atoms with van der Waals surface area (Å²) in [4.78, 5) is 72.7. The Kier molecular flexibility index (Phi) is 65.6. The molecule has 0 aliphatic carbocycles. The van der Waals surface area contributed by atoms with Crippen molar-refractivity contribution in [3.8, 4) is 0 Å². The van der Waals surface area contributed by atoms with Crippen LogP contribution in [-0.4, -0.2) is 96.7 Å². The number of unbranched alkanes of at least 4 members (excludes halogenated alkanes) is 39. The van der Waals surface area contributed by atoms with Gasteiger partial charge in [-0.2, -0.15) is 0 Å². The Labute approximate surface area is 580 Å². The van der Waals surface area contributed by atoms with E-state index in [1.54, 1.807) is 0 Å². The SMILES string of the molecule is CCCCCC/C=C\C=C/CCCCCCCC(=O)OC[C@H](COP(=O)(O)OC[C@@H](O)COP(=O)(O)OC[C@@H](COC(=O)CCCCCCCCCCC)OC(=O)CCCCCCCCC(C)CC)OC(=O)CCCCCCCCCCCCCCCCCCCCC(C)C. The van der Waals surface area contributed by atoms with E-state index in [2.05, 4.69) is 65.8 Å². The van der Waals surface area contributed by atoms with Gasteiger partial charge >= 0.3 is 39.5 Å². The number of rotatable bonds is 73. The Morgan fingerprint density at radius 3 is 0.947 bits per heavy atom. The summed E-state index contributed by atoms with van der Waals surface area (Å²) in [5.41, 5.74) is 0. The largest absolute Gasteiger partial charge is 0.472 e. The lowest BCUT2D eigenvalue weighted by atomic mass is 10.00. The highest BCUT2D eigenvalue weighted by molar-refractivity contribution is 7.47. The summed E-state index contributed by atoms with van der Waals surface area (Å²) in [5.74, 6) is -0.614. The minimum Gasteiger partial charge on any atom is -0.462 e. The van der Waals surface area contributed by atoms with Crippen LogP contribution in [0.2, 0.25) is 0 Å². The van der Waals surface area contributed by atoms with Gasteiger partial charge in [0, 0.05) is 25.7 Å². The van der Waals surface area contributed by atoms with E-state index in [-0.39, 0.29) is 25.7 Å². The molecule has 0 spiro atoms. The molecular formula is C76H144O17P2. The highest BCUT2D eigenvalue weighted by Gasteiger charge is 2.30. The van der Waals surface area contributed by atoms with Crippen LogP contribution in [0, 0.1) is 11.8 Å². The smallest absolute Gasteiger partial charge is 0.462 e. The van der Waals surface area contributed by atoms with Crippen molar-refractivity contribution in [1.82, 2.24) is 0 Å². The van der Waals surface area contributed by atoms with E-state index in [9.17, 15) is 43.2 Å². The van der Waals surface area contributed by atoms with Gasteiger partial charge in [0.1, 0.15) is 19.3 Å². The number of carbonyl (C=O) groups excluding carboxylic acids is 4. The molecule has 0 rings (SSSR count). The number of hydrogen-bond acceptors (Lipinski definition) is 15. The average Bonchev–Trinajstić information content (AvgIpc) is 2.05. The molecule has 6 atom stereocenters. The number of hydrogen-bond donors (Lipinski definition) is 3. The van der Waals surface area contributed by atoms with Gasteiger partial charge < -0.3 is 33.8 Å². The van der Waals surface area contributed by atoms with Crippen LogP contribution >= 0.6 is 15.6 Å². The maximum Gasteiger partial charge on any atom is 0.472 e. The molecule has 3 N–H and O–H groups in total. The van der Waals surface area contributed by atoms with Crippen molar-refractivity contribution in [2.45, 2.75) is 387 Å². The highest BCUT2D eigenvalue weighted by Crippen LogP contribution is 2.45. The minimum atomic E-state index is -4.96. The summed E-state index contributed by atoms with van der Waals surface area (Å²) >= 11 is 0. The van der Waals surface area contributed by atoms with Gasteiger partial charge in [0.15, 0.2) is 12.2 Å². The first-order chi connectivity index (χ1) is 45.9. The first-order valence-corrected chi connectivity index (χ1v) is 41.8. The normalized spacial score (nSPS) is 14.5. The topological polar surface area (TPSA) is 237 Å². The molecule has 0 fully saturated rings. The first-order valence-electron chi connectivity index (χ1n) is 38.8. The third-order valence-corrected chi connectivity index (χ3v) is 19.3. The highest BCUT2D eigenvalue weighted by atomic mass is 31.2. The van der Waals surface area contributed by atoms with E-state index in [1.807, 2.05) is 0 Å². The van der Waals surface area contributed by atoms with E-state index in [4.69, 9.17) is 37.0 Å². The maximum absolute atomic E-state index is 13.1. The summed E-state index contributed by atoms with van der Waals surface area (Å²) in [6.07, 6.45) is 57.9. The van der Waals surface area contributed by atoms with Crippen molar-refractivity contribution in [3.63, 3.8) is 0 Å². The number of allylic oxidation sites excluding steroid dienone is 4. The van der Waals surface area contributed by atoms with Gasteiger partial charge in [-0.3, -0.25) is 37.3 Å². The number of aliphatic hydroxyl groups is 1. The molecule has 0 saturated carbocycles. The zero-order valence-electron chi connectivity index (χ0n) is 61.5. The molecule has 19 heteroatoms. The predicted molar refractivity (Wildman–Crippen MR) is 386 cm³/mol. The van der Waals surface area contributed by atoms with Crippen molar-refractivity contribution in [1.29, 1.82) is 0 Å². The fourth-order valence-corrected chi connectivity index (χ4v) is 12.7. The molecule has 0 aliphatic rings. The minimum absolute atomic E-state index is 0.101. The molecule has 0 bridgehead atoms. The molecule has 17 nitrogen and oxygen atoms in total. The number of aliphatic hydroxyl groups excluding tert-OH is 1. The Hall–Kier alpha value is -2.46. The molecular weight excluding hydrogens is 1250 g/mol. The molecule has 0 saturated heterocycles. The van der Waals surface area contributed by atoms with E-state index >= 15 is 0 Å². The lowest BCUT2D eigenvalue weighted by Gasteiger charge is -2.21. The van der Waals surface area contributed by atoms with Crippen molar-refractivity contribution < 1.29 is 80.2 Å². The summed E-state index contributed by atoms with van der Waals surface area (Å²) in [6, 6.07) is 0. The summed E-state index contributed by atoms with van der Waals surface area (Å²) < 4.78 is 68.4. The second-order valence-electron chi connectivity index (χ2n) is 27.4. The van der Waals surface area contributed by atoms with Gasteiger partial charge in [0.05, 0.1) is 26.4 Å². The van der Waals surface area contributed by atoms with E-state index in [0.29, 0.717) is 25.7 Å². The molecule has 0 amide bonds. The van der Waals surface area contributed by atoms with Gasteiger partial charge in [0.25, 0.3) is 0 Å². The van der Waals surface area contributed by atoms with Crippen LogP contribution in [0.15, 0.2) is 24.3 Å². The molecule has 3 unspecified atom stereocenters. The molecule has 0 aromatic rings. The van der Waals surface area contributed by atoms with Crippen molar-refractivity contribution in [2.75, 3.05) is 39.6 Å². The van der Waals surface area contributed by atoms with Gasteiger partial charge in [-0.1, -0.05) is 316 Å². The van der Waals surface area contributed by atoms with Crippen LogP contribution in [0.1, 0.15) is 369 Å². The second kappa shape index (κ2) is 67.4. The Balaban J connectivity index is 5.22. The molecule has 0 aromatic carbocycles. The van der Waals surface area contributed by atoms with E-state index < -0.39 is 97.5 Å². The molecule has 0 heterocycles. The molecule has 0 aliphatic heterocycles. The monoisotopic (exact) mass is 1390 g/mol. The number of ether oxygens (including phenoxy) is 4. The standard InChI is InChI=1S/C76H144O17P2/c1-7-10-12-14-16-18-19-20-25-29-32-36-40-47-53-59-74(79)87-64-71(92-75(80)60-54-48-41-37-33-30-27-24-22-21-23-26-28-31-35-38-44-50-56-68(4)5)66-90-94(82,83)88-62-70(77)63-89-95(84,85)91-67-72(65-86-73(78)58-52-46-39-34-17-15-13-11-8-2)93-76(81)61-55-49-43-42-45-51-57-69(6)9-3/h18-20,25,68-72,77H,7-17,21-24,26-67H2,1-6H3,(H,82,83)(H,84,85)/b19-18-,25-20-/t69?,70-,71-,72-/m1/s1. The molecule has 560 valence electrons. The molecule has 95 heavy (non-hydrogen) atoms. The van der Waals surface area contributed by atoms with Gasteiger partial charge in [0.2, 0.25) is 0 Å². The average molecular weight is 1390 g/mol. The third kappa shape index (κ3) is 68.5. The van der Waals surface area contributed by atoms with Gasteiger partial charge in [-0.05, 0) is 63.2 Å². The Morgan fingerprint density at radius 2 is 0.621 bits per heavy atom. The lowest BCUT2D eigenvalue weighted by molar-refractivity contribution is -0.161. The number of esters is 4. The fourth-order valence-electron chi connectivity index (χ4n) is 11.1. The van der Waals surface area contributed by atoms with Crippen LogP contribution in [0.5, 0.6) is 0 Å². The molecule has 0 radical (unpaired) electrons. The third-order valence-electron chi connectivity index (χ3n) is 17.4. The van der Waals surface area contributed by atoms with Crippen LogP contribution in [0.3, 0.4) is 0 Å². The maximum atomic E-state index is 13.1. The van der Waals surface area contributed by atoms with Crippen molar-refractivity contribution in [3.05, 3.63) is 24.3 Å². The zero-order valence-corrected chi connectivity index (χ0v) is 63.2. The van der Waals surface area contributed by atoms with Crippen LogP contribution < -0.4 is 0 Å². The van der Waals surface area contributed by atoms with Crippen LogP contribution in [-0.2, 0) is 65.4 Å². The number of phosphoric ester groups is 2. The second-order valence-corrected chi connectivity index (χ2v) is 30.3. The number of phosphoric acid groups is 2. The van der Waals surface area contributed by atoms with Gasteiger partial charge in [-0.25, -0.2) is 9.13 Å². The predicted octanol–water partition coefficient (Wildman–Crippen LogP) is 21.9. The fraction of sp³-hybridized carbons (Fsp3) is 0.895.